The molecule has 0 amide bonds. The van der Waals surface area contributed by atoms with Crippen LogP contribution < -0.4 is 24.8 Å². The van der Waals surface area contributed by atoms with Gasteiger partial charge in [0.1, 0.15) is 24.6 Å². The quantitative estimate of drug-likeness (QED) is 0.662. The highest BCUT2D eigenvalue weighted by molar-refractivity contribution is 5.83. The molecule has 0 spiro atoms. The number of nitrogens with zero attached hydrogens (tertiary/aromatic N) is 2. The zero-order valence-electron chi connectivity index (χ0n) is 19.0. The fraction of sp³-hybridized carbons (Fsp3) is 0.536. The van der Waals surface area contributed by atoms with Gasteiger partial charge in [0.05, 0.1) is 5.56 Å². The molecule has 2 aromatic rings. The summed E-state index contributed by atoms with van der Waals surface area (Å²) in [4.78, 5) is 2.64. The minimum absolute atomic E-state index is 0.489. The number of aryl methyl sites for hydroxylation is 2. The topological polar surface area (TPSA) is 15.5 Å². The van der Waals surface area contributed by atoms with Gasteiger partial charge in [0, 0.05) is 53.5 Å². The van der Waals surface area contributed by atoms with E-state index in [0.29, 0.717) is 5.92 Å². The van der Waals surface area contributed by atoms with E-state index in [-0.39, 0.29) is 0 Å². The molecule has 0 N–H and O–H groups in total. The third-order valence-electron chi connectivity index (χ3n) is 8.31. The van der Waals surface area contributed by atoms with Crippen LogP contribution in [-0.2, 0) is 25.7 Å². The normalized spacial score (nSPS) is 20.7. The molecule has 0 fully saturated rings. The molecular formula is C28H33N2O+. The lowest BCUT2D eigenvalue weighted by molar-refractivity contribution is 0.430. The van der Waals surface area contributed by atoms with Crippen molar-refractivity contribution in [1.29, 1.82) is 0 Å². The highest BCUT2D eigenvalue weighted by Crippen LogP contribution is 2.48. The lowest BCUT2D eigenvalue weighted by atomic mass is 9.82. The van der Waals surface area contributed by atoms with E-state index in [0.717, 1.165) is 12.8 Å². The predicted molar refractivity (Wildman–Crippen MR) is 126 cm³/mol. The van der Waals surface area contributed by atoms with Crippen LogP contribution in [0.15, 0.2) is 12.1 Å². The maximum Gasteiger partial charge on any atom is 0.210 e. The Labute approximate surface area is 185 Å². The second-order valence-corrected chi connectivity index (χ2v) is 10.5. The van der Waals surface area contributed by atoms with Gasteiger partial charge in [-0.3, -0.25) is 0 Å². The SMILES string of the molecule is CC(C)C1=c2cc3c4c(c2Oc2c1cc1c5c2CCCN5CCC1)CCC[N+]=4CCC3. The number of anilines is 1. The Balaban J connectivity index is 1.59. The molecule has 0 aromatic heterocycles. The van der Waals surface area contributed by atoms with Crippen LogP contribution in [-0.4, -0.2) is 26.2 Å². The van der Waals surface area contributed by atoms with Gasteiger partial charge in [-0.1, -0.05) is 13.8 Å². The molecule has 5 aliphatic heterocycles. The number of hydrogen-bond acceptors (Lipinski definition) is 2. The highest BCUT2D eigenvalue weighted by atomic mass is 16.5. The zero-order valence-corrected chi connectivity index (χ0v) is 19.0. The van der Waals surface area contributed by atoms with Crippen LogP contribution in [0.1, 0.15) is 67.3 Å². The molecule has 3 nitrogen and oxygen atoms in total. The summed E-state index contributed by atoms with van der Waals surface area (Å²) in [7, 11) is 0. The monoisotopic (exact) mass is 413 g/mol. The van der Waals surface area contributed by atoms with Crippen LogP contribution in [0.2, 0.25) is 0 Å². The second kappa shape index (κ2) is 6.60. The molecule has 5 heterocycles. The van der Waals surface area contributed by atoms with Gasteiger partial charge < -0.3 is 9.64 Å². The van der Waals surface area contributed by atoms with Gasteiger partial charge in [-0.05, 0) is 67.7 Å². The second-order valence-electron chi connectivity index (χ2n) is 10.5. The first-order chi connectivity index (χ1) is 15.2. The molecule has 0 aliphatic carbocycles. The predicted octanol–water partition coefficient (Wildman–Crippen LogP) is 3.73. The molecule has 3 heteroatoms. The van der Waals surface area contributed by atoms with Gasteiger partial charge in [-0.25, -0.2) is 4.58 Å². The van der Waals surface area contributed by atoms with Crippen molar-refractivity contribution < 1.29 is 4.74 Å². The molecular weight excluding hydrogens is 380 g/mol. The van der Waals surface area contributed by atoms with Crippen molar-refractivity contribution in [2.45, 2.75) is 65.2 Å². The first-order valence-electron chi connectivity index (χ1n) is 12.6. The van der Waals surface area contributed by atoms with Crippen LogP contribution >= 0.6 is 0 Å². The summed E-state index contributed by atoms with van der Waals surface area (Å²) in [6, 6.07) is 5.03. The molecule has 0 saturated carbocycles. The van der Waals surface area contributed by atoms with Gasteiger partial charge in [-0.15, -0.1) is 0 Å². The van der Waals surface area contributed by atoms with Gasteiger partial charge in [0.15, 0.2) is 0 Å². The van der Waals surface area contributed by atoms with Crippen molar-refractivity contribution in [1.82, 2.24) is 4.58 Å². The number of benzene rings is 2. The highest BCUT2D eigenvalue weighted by Gasteiger charge is 2.35. The summed E-state index contributed by atoms with van der Waals surface area (Å²) >= 11 is 0. The number of hydrogen-bond donors (Lipinski definition) is 0. The van der Waals surface area contributed by atoms with E-state index < -0.39 is 0 Å². The van der Waals surface area contributed by atoms with E-state index in [1.165, 1.54) is 115 Å². The minimum Gasteiger partial charge on any atom is -0.455 e. The van der Waals surface area contributed by atoms with Gasteiger partial charge in [-0.2, -0.15) is 0 Å². The smallest absolute Gasteiger partial charge is 0.210 e. The molecule has 0 atom stereocenters. The lowest BCUT2D eigenvalue weighted by Crippen LogP contribution is -2.45. The van der Waals surface area contributed by atoms with E-state index in [1.807, 2.05) is 0 Å². The largest absolute Gasteiger partial charge is 0.455 e. The molecule has 7 rings (SSSR count). The molecule has 0 saturated heterocycles. The molecule has 160 valence electrons. The van der Waals surface area contributed by atoms with Crippen LogP contribution in [0, 0.1) is 5.92 Å². The average Bonchev–Trinajstić information content (AvgIpc) is 2.78. The van der Waals surface area contributed by atoms with Crippen molar-refractivity contribution in [2.75, 3.05) is 31.1 Å². The van der Waals surface area contributed by atoms with Gasteiger partial charge >= 0.3 is 0 Å². The van der Waals surface area contributed by atoms with E-state index in [4.69, 9.17) is 4.74 Å². The first kappa shape index (κ1) is 18.3. The number of fused-ring (bicyclic) bond motifs is 4. The molecule has 2 aromatic carbocycles. The summed E-state index contributed by atoms with van der Waals surface area (Å²) in [6.45, 7) is 9.60. The maximum absolute atomic E-state index is 7.02. The first-order valence-corrected chi connectivity index (χ1v) is 12.6. The van der Waals surface area contributed by atoms with E-state index in [2.05, 4.69) is 35.5 Å². The Morgan fingerprint density at radius 2 is 1.58 bits per heavy atom. The van der Waals surface area contributed by atoms with Crippen molar-refractivity contribution in [3.05, 3.63) is 50.5 Å². The van der Waals surface area contributed by atoms with Crippen LogP contribution in [0.4, 0.5) is 5.69 Å². The average molecular weight is 414 g/mol. The van der Waals surface area contributed by atoms with Crippen LogP contribution in [0.25, 0.3) is 5.57 Å². The van der Waals surface area contributed by atoms with Gasteiger partial charge in [0.2, 0.25) is 5.36 Å². The summed E-state index contributed by atoms with van der Waals surface area (Å²) in [6.07, 6.45) is 9.83. The van der Waals surface area contributed by atoms with Crippen molar-refractivity contribution >= 4 is 11.3 Å². The Morgan fingerprint density at radius 3 is 2.42 bits per heavy atom. The van der Waals surface area contributed by atoms with E-state index in [9.17, 15) is 0 Å². The standard InChI is InChI=1S/C28H33N2O/c1-17(2)24-22-15-18-7-3-11-29-13-5-9-20(25(18)29)27(22)31-28-21-10-6-14-30-12-4-8-19(26(21)30)16-23(24)28/h15-17H,3-14H2,1-2H3/q+1. The van der Waals surface area contributed by atoms with Gasteiger partial charge in [0.25, 0.3) is 0 Å². The fourth-order valence-corrected chi connectivity index (χ4v) is 7.16. The summed E-state index contributed by atoms with van der Waals surface area (Å²) in [5.74, 6) is 2.89. The fourth-order valence-electron chi connectivity index (χ4n) is 7.16. The molecule has 0 radical (unpaired) electrons. The number of rotatable bonds is 1. The molecule has 0 unspecified atom stereocenters. The van der Waals surface area contributed by atoms with Crippen LogP contribution in [0.5, 0.6) is 11.5 Å². The lowest BCUT2D eigenvalue weighted by Gasteiger charge is -2.39. The van der Waals surface area contributed by atoms with Crippen molar-refractivity contribution in [3.8, 4) is 11.5 Å². The third kappa shape index (κ3) is 2.49. The zero-order chi connectivity index (χ0) is 20.7. The molecule has 31 heavy (non-hydrogen) atoms. The van der Waals surface area contributed by atoms with Crippen molar-refractivity contribution in [3.63, 3.8) is 0 Å². The Morgan fingerprint density at radius 1 is 0.839 bits per heavy atom. The Hall–Kier alpha value is -2.29. The van der Waals surface area contributed by atoms with E-state index in [1.54, 1.807) is 11.1 Å². The molecule has 5 aliphatic rings. The summed E-state index contributed by atoms with van der Waals surface area (Å²) < 4.78 is 9.67. The Bertz CT molecular complexity index is 1250. The van der Waals surface area contributed by atoms with Crippen molar-refractivity contribution in [2.24, 2.45) is 5.92 Å². The minimum atomic E-state index is 0.489. The third-order valence-corrected chi connectivity index (χ3v) is 8.31. The van der Waals surface area contributed by atoms with Crippen LogP contribution in [0.3, 0.4) is 0 Å². The number of ether oxygens (including phenoxy) is 1. The maximum atomic E-state index is 7.02. The van der Waals surface area contributed by atoms with E-state index >= 15 is 0 Å². The molecule has 0 bridgehead atoms. The summed E-state index contributed by atoms with van der Waals surface area (Å²) in [5, 5.41) is 2.92. The Kier molecular flexibility index (Phi) is 3.90. The summed E-state index contributed by atoms with van der Waals surface area (Å²) in [5.41, 5.74) is 10.6.